The highest BCUT2D eigenvalue weighted by Gasteiger charge is 2.14. The molecule has 0 aromatic heterocycles. The second-order valence-corrected chi connectivity index (χ2v) is 4.35. The number of carboxylic acid groups (broad SMARTS) is 1. The van der Waals surface area contributed by atoms with Crippen LogP contribution in [-0.2, 0) is 4.79 Å². The fourth-order valence-corrected chi connectivity index (χ4v) is 2.23. The summed E-state index contributed by atoms with van der Waals surface area (Å²) in [4.78, 5) is 10.6. The number of carboxylic acids is 1. The van der Waals surface area contributed by atoms with Crippen molar-refractivity contribution in [1.82, 2.24) is 0 Å². The van der Waals surface area contributed by atoms with Crippen LogP contribution in [0.2, 0.25) is 0 Å². The van der Waals surface area contributed by atoms with Crippen LogP contribution in [0, 0.1) is 0 Å². The average Bonchev–Trinajstić information content (AvgIpc) is 2.01. The van der Waals surface area contributed by atoms with Crippen molar-refractivity contribution in [3.63, 3.8) is 0 Å². The monoisotopic (exact) mass is 307 g/mol. The van der Waals surface area contributed by atoms with Gasteiger partial charge in [-0.05, 0) is 23.8 Å². The standard InChI is InChI=1S/C8H7Br2NO2/c9-5-1-4(2-6(10)3-5)7(11)8(12)13/h1-3,7H,11H2,(H,12,13)/t7-/m1/s1. The summed E-state index contributed by atoms with van der Waals surface area (Å²) in [5.74, 6) is -1.04. The van der Waals surface area contributed by atoms with Gasteiger partial charge in [0, 0.05) is 8.95 Å². The lowest BCUT2D eigenvalue weighted by atomic mass is 10.1. The third kappa shape index (κ3) is 2.79. The van der Waals surface area contributed by atoms with Crippen molar-refractivity contribution in [3.8, 4) is 0 Å². The normalized spacial score (nSPS) is 12.5. The largest absolute Gasteiger partial charge is 0.480 e. The molecule has 3 nitrogen and oxygen atoms in total. The van der Waals surface area contributed by atoms with Crippen LogP contribution in [-0.4, -0.2) is 11.1 Å². The minimum atomic E-state index is -1.04. The summed E-state index contributed by atoms with van der Waals surface area (Å²) in [5.41, 5.74) is 6.00. The first-order valence-electron chi connectivity index (χ1n) is 3.45. The molecule has 1 aromatic rings. The Kier molecular flexibility index (Phi) is 3.47. The first-order valence-corrected chi connectivity index (χ1v) is 5.03. The van der Waals surface area contributed by atoms with Crippen LogP contribution in [0.4, 0.5) is 0 Å². The second kappa shape index (κ2) is 4.21. The van der Waals surface area contributed by atoms with Gasteiger partial charge in [0.2, 0.25) is 0 Å². The Bertz CT molecular complexity index is 321. The van der Waals surface area contributed by atoms with Crippen molar-refractivity contribution in [2.24, 2.45) is 5.73 Å². The van der Waals surface area contributed by atoms with Crippen molar-refractivity contribution >= 4 is 37.8 Å². The van der Waals surface area contributed by atoms with Crippen LogP contribution in [0.5, 0.6) is 0 Å². The molecule has 0 saturated carbocycles. The molecule has 0 radical (unpaired) electrons. The highest BCUT2D eigenvalue weighted by atomic mass is 79.9. The van der Waals surface area contributed by atoms with Gasteiger partial charge in [0.1, 0.15) is 6.04 Å². The maximum absolute atomic E-state index is 10.6. The van der Waals surface area contributed by atoms with E-state index >= 15 is 0 Å². The molecular formula is C8H7Br2NO2. The van der Waals surface area contributed by atoms with Gasteiger partial charge in [-0.25, -0.2) is 0 Å². The summed E-state index contributed by atoms with van der Waals surface area (Å²) in [6.07, 6.45) is 0. The number of nitrogens with two attached hydrogens (primary N) is 1. The number of benzene rings is 1. The lowest BCUT2D eigenvalue weighted by molar-refractivity contribution is -0.138. The zero-order valence-corrected chi connectivity index (χ0v) is 9.67. The van der Waals surface area contributed by atoms with Crippen LogP contribution >= 0.6 is 31.9 Å². The van der Waals surface area contributed by atoms with Crippen molar-refractivity contribution in [1.29, 1.82) is 0 Å². The first kappa shape index (κ1) is 10.7. The summed E-state index contributed by atoms with van der Waals surface area (Å²) < 4.78 is 1.60. The Balaban J connectivity index is 3.07. The molecule has 0 bridgehead atoms. The van der Waals surface area contributed by atoms with Gasteiger partial charge < -0.3 is 10.8 Å². The van der Waals surface area contributed by atoms with Gasteiger partial charge in [0.05, 0.1) is 0 Å². The number of hydrogen-bond acceptors (Lipinski definition) is 2. The van der Waals surface area contributed by atoms with E-state index in [4.69, 9.17) is 10.8 Å². The smallest absolute Gasteiger partial charge is 0.325 e. The predicted molar refractivity (Wildman–Crippen MR) is 56.4 cm³/mol. The van der Waals surface area contributed by atoms with Crippen LogP contribution in [0.15, 0.2) is 27.1 Å². The SMILES string of the molecule is N[C@@H](C(=O)O)c1cc(Br)cc(Br)c1. The van der Waals surface area contributed by atoms with E-state index in [0.717, 1.165) is 8.95 Å². The third-order valence-corrected chi connectivity index (χ3v) is 2.43. The average molecular weight is 309 g/mol. The van der Waals surface area contributed by atoms with Gasteiger partial charge in [0.15, 0.2) is 0 Å². The molecule has 0 fully saturated rings. The highest BCUT2D eigenvalue weighted by molar-refractivity contribution is 9.11. The molecule has 1 rings (SSSR count). The van der Waals surface area contributed by atoms with Crippen LogP contribution in [0.1, 0.15) is 11.6 Å². The molecule has 0 unspecified atom stereocenters. The third-order valence-electron chi connectivity index (χ3n) is 1.51. The van der Waals surface area contributed by atoms with E-state index < -0.39 is 12.0 Å². The minimum absolute atomic E-state index is 0.564. The number of halogens is 2. The number of carbonyl (C=O) groups is 1. The Hall–Kier alpha value is -0.390. The molecule has 70 valence electrons. The van der Waals surface area contributed by atoms with Gasteiger partial charge >= 0.3 is 5.97 Å². The Morgan fingerprint density at radius 3 is 2.15 bits per heavy atom. The van der Waals surface area contributed by atoms with E-state index in [2.05, 4.69) is 31.9 Å². The number of hydrogen-bond donors (Lipinski definition) is 2. The van der Waals surface area contributed by atoms with Crippen LogP contribution in [0.25, 0.3) is 0 Å². The minimum Gasteiger partial charge on any atom is -0.480 e. The van der Waals surface area contributed by atoms with Crippen molar-refractivity contribution in [2.75, 3.05) is 0 Å². The summed E-state index contributed by atoms with van der Waals surface area (Å²) in [6.45, 7) is 0. The summed E-state index contributed by atoms with van der Waals surface area (Å²) >= 11 is 6.50. The van der Waals surface area contributed by atoms with Gasteiger partial charge in [-0.15, -0.1) is 0 Å². The van der Waals surface area contributed by atoms with E-state index in [0.29, 0.717) is 5.56 Å². The molecule has 0 heterocycles. The molecular weight excluding hydrogens is 302 g/mol. The summed E-state index contributed by atoms with van der Waals surface area (Å²) in [5, 5.41) is 8.66. The molecule has 1 aromatic carbocycles. The molecule has 1 atom stereocenters. The van der Waals surface area contributed by atoms with Crippen LogP contribution in [0.3, 0.4) is 0 Å². The van der Waals surface area contributed by atoms with E-state index in [1.54, 1.807) is 12.1 Å². The Labute approximate surface area is 92.2 Å². The van der Waals surface area contributed by atoms with Gasteiger partial charge in [-0.2, -0.15) is 0 Å². The summed E-state index contributed by atoms with van der Waals surface area (Å²) in [6, 6.07) is 4.21. The van der Waals surface area contributed by atoms with Gasteiger partial charge in [-0.3, -0.25) is 4.79 Å². The van der Waals surface area contributed by atoms with Gasteiger partial charge in [0.25, 0.3) is 0 Å². The van der Waals surface area contributed by atoms with E-state index in [1.165, 1.54) is 0 Å². The van der Waals surface area contributed by atoms with Crippen molar-refractivity contribution in [2.45, 2.75) is 6.04 Å². The predicted octanol–water partition coefficient (Wildman–Crippen LogP) is 2.30. The Morgan fingerprint density at radius 1 is 1.31 bits per heavy atom. The summed E-state index contributed by atoms with van der Waals surface area (Å²) in [7, 11) is 0. The fraction of sp³-hybridized carbons (Fsp3) is 0.125. The lowest BCUT2D eigenvalue weighted by Gasteiger charge is -2.07. The van der Waals surface area contributed by atoms with Crippen molar-refractivity contribution < 1.29 is 9.90 Å². The lowest BCUT2D eigenvalue weighted by Crippen LogP contribution is -2.20. The molecule has 0 amide bonds. The molecule has 0 aliphatic carbocycles. The van der Waals surface area contributed by atoms with Crippen LogP contribution < -0.4 is 5.73 Å². The maximum Gasteiger partial charge on any atom is 0.325 e. The molecule has 0 aliphatic heterocycles. The molecule has 0 aliphatic rings. The topological polar surface area (TPSA) is 63.3 Å². The van der Waals surface area contributed by atoms with Gasteiger partial charge in [-0.1, -0.05) is 31.9 Å². The number of aliphatic carboxylic acids is 1. The zero-order valence-electron chi connectivity index (χ0n) is 6.50. The van der Waals surface area contributed by atoms with E-state index in [9.17, 15) is 4.79 Å². The number of rotatable bonds is 2. The molecule has 5 heteroatoms. The molecule has 13 heavy (non-hydrogen) atoms. The van der Waals surface area contributed by atoms with E-state index in [1.807, 2.05) is 6.07 Å². The zero-order chi connectivity index (χ0) is 10.0. The molecule has 0 spiro atoms. The Morgan fingerprint density at radius 2 is 1.77 bits per heavy atom. The molecule has 0 saturated heterocycles. The maximum atomic E-state index is 10.6. The quantitative estimate of drug-likeness (QED) is 0.881. The molecule has 3 N–H and O–H groups in total. The highest BCUT2D eigenvalue weighted by Crippen LogP contribution is 2.23. The van der Waals surface area contributed by atoms with Crippen molar-refractivity contribution in [3.05, 3.63) is 32.7 Å². The fourth-order valence-electron chi connectivity index (χ4n) is 0.897. The first-order chi connectivity index (χ1) is 6.00. The second-order valence-electron chi connectivity index (χ2n) is 2.52. The van der Waals surface area contributed by atoms with E-state index in [-0.39, 0.29) is 0 Å².